The Labute approximate surface area is 222 Å². The molecule has 0 radical (unpaired) electrons. The second kappa shape index (κ2) is 9.76. The summed E-state index contributed by atoms with van der Waals surface area (Å²) in [6, 6.07) is 7.30. The lowest BCUT2D eigenvalue weighted by molar-refractivity contribution is -0.137. The minimum absolute atomic E-state index is 0.0582. The summed E-state index contributed by atoms with van der Waals surface area (Å²) in [5, 5.41) is 14.6. The van der Waals surface area contributed by atoms with E-state index in [2.05, 4.69) is 15.0 Å². The van der Waals surface area contributed by atoms with Crippen LogP contribution in [0, 0.1) is 11.3 Å². The quantitative estimate of drug-likeness (QED) is 0.473. The van der Waals surface area contributed by atoms with Crippen LogP contribution in [0.25, 0.3) is 0 Å². The van der Waals surface area contributed by atoms with Gasteiger partial charge in [0.05, 0.1) is 28.9 Å². The summed E-state index contributed by atoms with van der Waals surface area (Å²) in [5.41, 5.74) is 0.406. The Morgan fingerprint density at radius 2 is 2.00 bits per heavy atom. The second-order valence-corrected chi connectivity index (χ2v) is 10.5. The molecule has 5 rings (SSSR count). The molecule has 38 heavy (non-hydrogen) atoms. The zero-order valence-electron chi connectivity index (χ0n) is 20.5. The lowest BCUT2D eigenvalue weighted by Crippen LogP contribution is -2.47. The van der Waals surface area contributed by atoms with Gasteiger partial charge in [-0.1, -0.05) is 18.5 Å². The molecule has 3 aliphatic rings. The average molecular weight is 551 g/mol. The fourth-order valence-corrected chi connectivity index (χ4v) is 5.67. The van der Waals surface area contributed by atoms with Crippen LogP contribution >= 0.6 is 11.6 Å². The number of carbonyl (C=O) groups is 2. The van der Waals surface area contributed by atoms with E-state index >= 15 is 0 Å². The number of carboxylic acids is 1. The van der Waals surface area contributed by atoms with E-state index in [9.17, 15) is 27.9 Å². The highest BCUT2D eigenvalue weighted by molar-refractivity contribution is 6.33. The van der Waals surface area contributed by atoms with E-state index < -0.39 is 36.2 Å². The van der Waals surface area contributed by atoms with Crippen molar-refractivity contribution in [1.29, 1.82) is 0 Å². The van der Waals surface area contributed by atoms with Crippen molar-refractivity contribution in [1.82, 2.24) is 4.98 Å². The molecule has 1 saturated carbocycles. The molecule has 1 spiro atoms. The van der Waals surface area contributed by atoms with Gasteiger partial charge in [0.15, 0.2) is 6.29 Å². The Morgan fingerprint density at radius 3 is 2.61 bits per heavy atom. The van der Waals surface area contributed by atoms with Crippen LogP contribution in [0.5, 0.6) is 5.75 Å². The first-order chi connectivity index (χ1) is 18.0. The minimum atomic E-state index is -4.64. The maximum atomic E-state index is 13.5. The van der Waals surface area contributed by atoms with Crippen molar-refractivity contribution in [2.24, 2.45) is 16.4 Å². The molecule has 202 valence electrons. The third-order valence-electron chi connectivity index (χ3n) is 7.65. The molecule has 2 aliphatic heterocycles. The third kappa shape index (κ3) is 5.03. The van der Waals surface area contributed by atoms with Gasteiger partial charge in [0.1, 0.15) is 23.3 Å². The molecule has 0 bridgehead atoms. The van der Waals surface area contributed by atoms with Gasteiger partial charge in [-0.25, -0.2) is 0 Å². The molecule has 1 aromatic carbocycles. The number of halogens is 4. The van der Waals surface area contributed by atoms with Gasteiger partial charge in [-0.2, -0.15) is 18.3 Å². The van der Waals surface area contributed by atoms with Crippen LogP contribution < -0.4 is 14.6 Å². The number of anilines is 2. The first-order valence-electron chi connectivity index (χ1n) is 12.3. The minimum Gasteiger partial charge on any atom is -0.490 e. The molecule has 0 amide bonds. The van der Waals surface area contributed by atoms with Crippen LogP contribution in [0.15, 0.2) is 41.6 Å². The Bertz CT molecular complexity index is 1270. The number of nitrogens with zero attached hydrogens (tertiary/aromatic N) is 4. The Kier molecular flexibility index (Phi) is 6.75. The molecule has 12 heteroatoms. The number of hydrazone groups is 1. The van der Waals surface area contributed by atoms with Crippen LogP contribution in [0.3, 0.4) is 0 Å². The molecular formula is C26H26ClF3N4O4. The van der Waals surface area contributed by atoms with Crippen LogP contribution in [0.4, 0.5) is 24.5 Å². The third-order valence-corrected chi connectivity index (χ3v) is 7.94. The molecule has 1 aliphatic carbocycles. The van der Waals surface area contributed by atoms with Gasteiger partial charge in [-0.15, -0.1) is 0 Å². The van der Waals surface area contributed by atoms with Crippen LogP contribution in [-0.2, 0) is 4.79 Å². The van der Waals surface area contributed by atoms with Gasteiger partial charge in [-0.3, -0.25) is 19.6 Å². The molecular weight excluding hydrogens is 525 g/mol. The Hall–Kier alpha value is -3.34. The highest BCUT2D eigenvalue weighted by Gasteiger charge is 2.54. The molecule has 3 atom stereocenters. The van der Waals surface area contributed by atoms with Gasteiger partial charge < -0.3 is 14.7 Å². The number of pyridine rings is 1. The number of ether oxygens (including phenoxy) is 1. The molecule has 1 aromatic heterocycles. The molecule has 2 fully saturated rings. The number of aldehydes is 1. The van der Waals surface area contributed by atoms with Crippen molar-refractivity contribution in [3.05, 3.63) is 47.2 Å². The molecule has 8 nitrogen and oxygen atoms in total. The normalized spacial score (nSPS) is 24.3. The predicted octanol–water partition coefficient (Wildman–Crippen LogP) is 5.20. The number of aromatic nitrogens is 1. The fraction of sp³-hybridized carbons (Fsp3) is 0.462. The number of piperidine rings is 1. The SMILES string of the molecule is C[C@@H]1C(C(F)(F)F)=NN(c2ccc(OC3CCN(c4cc(C=O)ncc4Cl)CC34CC4)cc2)[C@H]1CC(=O)O. The van der Waals surface area contributed by atoms with E-state index in [0.717, 1.165) is 36.5 Å². The summed E-state index contributed by atoms with van der Waals surface area (Å²) in [4.78, 5) is 28.7. The summed E-state index contributed by atoms with van der Waals surface area (Å²) < 4.78 is 46.7. The summed E-state index contributed by atoms with van der Waals surface area (Å²) in [6.07, 6.45) is -0.323. The second-order valence-electron chi connectivity index (χ2n) is 10.1. The first-order valence-corrected chi connectivity index (χ1v) is 12.7. The van der Waals surface area contributed by atoms with E-state index in [1.54, 1.807) is 30.3 Å². The van der Waals surface area contributed by atoms with Crippen molar-refractivity contribution in [3.8, 4) is 5.75 Å². The van der Waals surface area contributed by atoms with Crippen molar-refractivity contribution < 1.29 is 32.6 Å². The highest BCUT2D eigenvalue weighted by Crippen LogP contribution is 2.54. The summed E-state index contributed by atoms with van der Waals surface area (Å²) in [6.45, 7) is 2.73. The fourth-order valence-electron chi connectivity index (χ4n) is 5.44. The van der Waals surface area contributed by atoms with Gasteiger partial charge in [0.2, 0.25) is 0 Å². The average Bonchev–Trinajstić information content (AvgIpc) is 3.56. The van der Waals surface area contributed by atoms with E-state index in [-0.39, 0.29) is 11.5 Å². The molecule has 1 N–H and O–H groups in total. The van der Waals surface area contributed by atoms with Crippen LogP contribution in [-0.4, -0.2) is 59.5 Å². The lowest BCUT2D eigenvalue weighted by atomic mass is 9.91. The molecule has 2 aromatic rings. The first kappa shape index (κ1) is 26.3. The maximum absolute atomic E-state index is 13.5. The number of hydrogen-bond donors (Lipinski definition) is 1. The van der Waals surface area contributed by atoms with Crippen molar-refractivity contribution >= 4 is 40.9 Å². The monoisotopic (exact) mass is 550 g/mol. The smallest absolute Gasteiger partial charge is 0.431 e. The highest BCUT2D eigenvalue weighted by atomic mass is 35.5. The van der Waals surface area contributed by atoms with E-state index in [0.29, 0.717) is 35.0 Å². The van der Waals surface area contributed by atoms with E-state index in [1.165, 1.54) is 13.1 Å². The number of carboxylic acid groups (broad SMARTS) is 1. The van der Waals surface area contributed by atoms with Crippen molar-refractivity contribution in [3.63, 3.8) is 0 Å². The number of alkyl halides is 3. The van der Waals surface area contributed by atoms with Crippen molar-refractivity contribution in [2.75, 3.05) is 23.0 Å². The summed E-state index contributed by atoms with van der Waals surface area (Å²) in [5.74, 6) is -1.70. The van der Waals surface area contributed by atoms with Gasteiger partial charge in [-0.05, 0) is 43.2 Å². The maximum Gasteiger partial charge on any atom is 0.431 e. The standard InChI is InChI=1S/C26H26ClF3N4O4/c1-15-20(11-23(36)37)34(32-24(15)26(28,29)30)17-2-4-18(5-3-17)38-22-6-9-33(14-25(22)7-8-25)21-10-16(13-35)31-12-19(21)27/h2-5,10,12-13,15,20,22H,6-9,11,14H2,1H3,(H,36,37)/t15-,20-,22?/m0/s1. The van der Waals surface area contributed by atoms with Crippen LogP contribution in [0.1, 0.15) is 43.1 Å². The molecule has 1 saturated heterocycles. The zero-order chi connectivity index (χ0) is 27.2. The largest absolute Gasteiger partial charge is 0.490 e. The number of benzene rings is 1. The van der Waals surface area contributed by atoms with Gasteiger partial charge in [0, 0.05) is 37.0 Å². The van der Waals surface area contributed by atoms with Gasteiger partial charge >= 0.3 is 12.1 Å². The topological polar surface area (TPSA) is 95.3 Å². The lowest BCUT2D eigenvalue weighted by Gasteiger charge is -2.40. The van der Waals surface area contributed by atoms with Crippen molar-refractivity contribution in [2.45, 2.75) is 50.9 Å². The summed E-state index contributed by atoms with van der Waals surface area (Å²) in [7, 11) is 0. The number of carbonyl (C=O) groups excluding carboxylic acids is 1. The molecule has 3 heterocycles. The summed E-state index contributed by atoms with van der Waals surface area (Å²) >= 11 is 6.36. The van der Waals surface area contributed by atoms with Crippen LogP contribution in [0.2, 0.25) is 5.02 Å². The van der Waals surface area contributed by atoms with E-state index in [1.807, 2.05) is 0 Å². The number of hydrogen-bond acceptors (Lipinski definition) is 7. The zero-order valence-corrected chi connectivity index (χ0v) is 21.2. The Morgan fingerprint density at radius 1 is 1.29 bits per heavy atom. The number of aliphatic carboxylic acids is 1. The number of rotatable bonds is 7. The predicted molar refractivity (Wildman–Crippen MR) is 135 cm³/mol. The van der Waals surface area contributed by atoms with Gasteiger partial charge in [0.25, 0.3) is 0 Å². The molecule has 1 unspecified atom stereocenters. The Balaban J connectivity index is 1.30. The van der Waals surface area contributed by atoms with E-state index in [4.69, 9.17) is 16.3 Å².